The van der Waals surface area contributed by atoms with E-state index < -0.39 is 23.7 Å². The van der Waals surface area contributed by atoms with Gasteiger partial charge in [0, 0.05) is 12.2 Å². The summed E-state index contributed by atoms with van der Waals surface area (Å²) in [6, 6.07) is 18.2. The highest BCUT2D eigenvalue weighted by Gasteiger charge is 2.21. The quantitative estimate of drug-likeness (QED) is 0.493. The lowest BCUT2D eigenvalue weighted by molar-refractivity contribution is -0.121. The highest BCUT2D eigenvalue weighted by atomic mass is 16.5. The number of nitrogens with zero attached hydrogens (tertiary/aromatic N) is 3. The van der Waals surface area contributed by atoms with E-state index in [0.29, 0.717) is 29.2 Å². The lowest BCUT2D eigenvalue weighted by Gasteiger charge is -2.17. The van der Waals surface area contributed by atoms with Crippen LogP contribution in [0.1, 0.15) is 16.8 Å². The molecule has 0 aliphatic heterocycles. The molecular formula is C25H24N4O4. The second kappa shape index (κ2) is 9.12. The second-order valence-corrected chi connectivity index (χ2v) is 7.72. The lowest BCUT2D eigenvalue weighted by atomic mass is 10.1. The molecule has 0 saturated carbocycles. The molecule has 1 N–H and O–H groups in total. The largest absolute Gasteiger partial charge is 0.495 e. The molecular weight excluding hydrogens is 420 g/mol. The van der Waals surface area contributed by atoms with Crippen molar-refractivity contribution in [2.45, 2.75) is 26.9 Å². The molecule has 8 nitrogen and oxygen atoms in total. The van der Waals surface area contributed by atoms with Crippen LogP contribution in [0.3, 0.4) is 0 Å². The maximum absolute atomic E-state index is 13.6. The Hall–Kier alpha value is -4.20. The summed E-state index contributed by atoms with van der Waals surface area (Å²) in [6.07, 6.45) is 0. The van der Waals surface area contributed by atoms with Crippen molar-refractivity contribution in [1.82, 2.24) is 19.4 Å². The first-order chi connectivity index (χ1) is 15.9. The molecule has 1 amide bonds. The molecule has 0 fully saturated rings. The standard InChI is InChI=1S/C25H24N4O4/c1-16-13-17(2)27-23-22(16)24(31)28(15-21(30)26-14-18-9-5-4-6-10-18)25(32)29(23)19-11-7-8-12-20(19)33-3/h4-13H,14-15H2,1-3H3,(H,26,30). The number of methoxy groups -OCH3 is 1. The minimum absolute atomic E-state index is 0.230. The zero-order valence-electron chi connectivity index (χ0n) is 18.7. The van der Waals surface area contributed by atoms with E-state index in [1.165, 1.54) is 11.7 Å². The fraction of sp³-hybridized carbons (Fsp3) is 0.200. The Morgan fingerprint density at radius 1 is 1.03 bits per heavy atom. The number of fused-ring (bicyclic) bond motifs is 1. The Labute approximate surface area is 190 Å². The zero-order valence-corrected chi connectivity index (χ0v) is 18.7. The first kappa shape index (κ1) is 22.0. The first-order valence-corrected chi connectivity index (χ1v) is 10.5. The van der Waals surface area contributed by atoms with Gasteiger partial charge in [-0.2, -0.15) is 0 Å². The van der Waals surface area contributed by atoms with E-state index in [1.807, 2.05) is 30.3 Å². The van der Waals surface area contributed by atoms with E-state index in [2.05, 4.69) is 10.3 Å². The van der Waals surface area contributed by atoms with Crippen LogP contribution in [0.15, 0.2) is 70.3 Å². The third-order valence-corrected chi connectivity index (χ3v) is 5.38. The molecule has 0 unspecified atom stereocenters. The number of rotatable bonds is 6. The number of aromatic nitrogens is 3. The number of nitrogens with one attached hydrogen (secondary N) is 1. The normalized spacial score (nSPS) is 10.9. The Kier molecular flexibility index (Phi) is 6.08. The maximum atomic E-state index is 13.6. The minimum atomic E-state index is -0.663. The van der Waals surface area contributed by atoms with Crippen molar-refractivity contribution >= 4 is 16.9 Å². The van der Waals surface area contributed by atoms with Crippen LogP contribution in [0.4, 0.5) is 0 Å². The van der Waals surface area contributed by atoms with E-state index in [1.54, 1.807) is 44.2 Å². The number of carbonyl (C=O) groups is 1. The van der Waals surface area contributed by atoms with Crippen LogP contribution < -0.4 is 21.3 Å². The molecule has 4 aromatic rings. The predicted octanol–water partition coefficient (Wildman–Crippen LogP) is 2.49. The molecule has 0 aliphatic carbocycles. The SMILES string of the molecule is COc1ccccc1-n1c(=O)n(CC(=O)NCc2ccccc2)c(=O)c2c(C)cc(C)nc21. The van der Waals surface area contributed by atoms with E-state index in [-0.39, 0.29) is 11.0 Å². The summed E-state index contributed by atoms with van der Waals surface area (Å²) in [4.78, 5) is 44.1. The van der Waals surface area contributed by atoms with Gasteiger partial charge in [-0.05, 0) is 43.2 Å². The molecule has 33 heavy (non-hydrogen) atoms. The number of hydrogen-bond donors (Lipinski definition) is 1. The minimum Gasteiger partial charge on any atom is -0.495 e. The Balaban J connectivity index is 1.86. The van der Waals surface area contributed by atoms with Gasteiger partial charge in [0.15, 0.2) is 5.65 Å². The van der Waals surface area contributed by atoms with Crippen LogP contribution in [-0.2, 0) is 17.9 Å². The monoisotopic (exact) mass is 444 g/mol. The molecule has 0 radical (unpaired) electrons. The Morgan fingerprint density at radius 2 is 1.73 bits per heavy atom. The third-order valence-electron chi connectivity index (χ3n) is 5.38. The Morgan fingerprint density at radius 3 is 2.45 bits per heavy atom. The van der Waals surface area contributed by atoms with Crippen molar-refractivity contribution in [3.05, 3.63) is 98.3 Å². The molecule has 2 aromatic carbocycles. The van der Waals surface area contributed by atoms with Gasteiger partial charge in [0.1, 0.15) is 12.3 Å². The van der Waals surface area contributed by atoms with Gasteiger partial charge in [-0.25, -0.2) is 18.9 Å². The van der Waals surface area contributed by atoms with Crippen LogP contribution in [0.25, 0.3) is 16.7 Å². The van der Waals surface area contributed by atoms with Crippen LogP contribution in [0.2, 0.25) is 0 Å². The van der Waals surface area contributed by atoms with Crippen molar-refractivity contribution in [1.29, 1.82) is 0 Å². The molecule has 0 spiro atoms. The molecule has 168 valence electrons. The lowest BCUT2D eigenvalue weighted by Crippen LogP contribution is -2.44. The average Bonchev–Trinajstić information content (AvgIpc) is 2.81. The summed E-state index contributed by atoms with van der Waals surface area (Å²) in [5, 5.41) is 3.05. The van der Waals surface area contributed by atoms with Crippen molar-refractivity contribution in [3.8, 4) is 11.4 Å². The van der Waals surface area contributed by atoms with Crippen LogP contribution in [-0.4, -0.2) is 27.1 Å². The van der Waals surface area contributed by atoms with Crippen molar-refractivity contribution in [2.24, 2.45) is 0 Å². The number of benzene rings is 2. The van der Waals surface area contributed by atoms with Crippen LogP contribution >= 0.6 is 0 Å². The number of hydrogen-bond acceptors (Lipinski definition) is 5. The summed E-state index contributed by atoms with van der Waals surface area (Å²) in [6.45, 7) is 3.46. The van der Waals surface area contributed by atoms with Gasteiger partial charge in [-0.3, -0.25) is 9.59 Å². The number of pyridine rings is 1. The fourth-order valence-electron chi connectivity index (χ4n) is 3.84. The summed E-state index contributed by atoms with van der Waals surface area (Å²) in [5.41, 5.74) is 1.70. The summed E-state index contributed by atoms with van der Waals surface area (Å²) < 4.78 is 7.73. The van der Waals surface area contributed by atoms with E-state index in [9.17, 15) is 14.4 Å². The van der Waals surface area contributed by atoms with Gasteiger partial charge in [0.25, 0.3) is 5.56 Å². The highest BCUT2D eigenvalue weighted by molar-refractivity contribution is 5.81. The molecule has 8 heteroatoms. The topological polar surface area (TPSA) is 95.2 Å². The van der Waals surface area contributed by atoms with E-state index in [4.69, 9.17) is 4.74 Å². The maximum Gasteiger partial charge on any atom is 0.337 e. The van der Waals surface area contributed by atoms with Crippen LogP contribution in [0.5, 0.6) is 5.75 Å². The van der Waals surface area contributed by atoms with E-state index in [0.717, 1.165) is 10.1 Å². The highest BCUT2D eigenvalue weighted by Crippen LogP contribution is 2.24. The van der Waals surface area contributed by atoms with Crippen molar-refractivity contribution in [3.63, 3.8) is 0 Å². The van der Waals surface area contributed by atoms with Gasteiger partial charge in [-0.15, -0.1) is 0 Å². The fourth-order valence-corrected chi connectivity index (χ4v) is 3.84. The summed E-state index contributed by atoms with van der Waals surface area (Å²) >= 11 is 0. The van der Waals surface area contributed by atoms with Gasteiger partial charge in [-0.1, -0.05) is 42.5 Å². The van der Waals surface area contributed by atoms with Crippen molar-refractivity contribution < 1.29 is 9.53 Å². The molecule has 0 bridgehead atoms. The summed E-state index contributed by atoms with van der Waals surface area (Å²) in [7, 11) is 1.50. The number of para-hydroxylation sites is 2. The van der Waals surface area contributed by atoms with Gasteiger partial charge in [0.2, 0.25) is 5.91 Å². The van der Waals surface area contributed by atoms with Gasteiger partial charge >= 0.3 is 5.69 Å². The average molecular weight is 444 g/mol. The predicted molar refractivity (Wildman–Crippen MR) is 126 cm³/mol. The number of ether oxygens (including phenoxy) is 1. The smallest absolute Gasteiger partial charge is 0.337 e. The third kappa shape index (κ3) is 4.27. The first-order valence-electron chi connectivity index (χ1n) is 10.5. The number of aryl methyl sites for hydroxylation is 2. The van der Waals surface area contributed by atoms with Gasteiger partial charge < -0.3 is 10.1 Å². The molecule has 2 aromatic heterocycles. The second-order valence-electron chi connectivity index (χ2n) is 7.72. The zero-order chi connectivity index (χ0) is 23.5. The molecule has 0 saturated heterocycles. The molecule has 2 heterocycles. The Bertz CT molecular complexity index is 1460. The molecule has 0 aliphatic rings. The number of amides is 1. The summed E-state index contributed by atoms with van der Waals surface area (Å²) in [5.74, 6) is 0.00212. The van der Waals surface area contributed by atoms with E-state index >= 15 is 0 Å². The van der Waals surface area contributed by atoms with Crippen molar-refractivity contribution in [2.75, 3.05) is 7.11 Å². The molecule has 4 rings (SSSR count). The van der Waals surface area contributed by atoms with Crippen LogP contribution in [0, 0.1) is 13.8 Å². The van der Waals surface area contributed by atoms with Gasteiger partial charge in [0.05, 0.1) is 18.2 Å². The molecule has 0 atom stereocenters. The number of carbonyl (C=O) groups excluding carboxylic acids is 1.